The first-order chi connectivity index (χ1) is 11.8. The third-order valence-electron chi connectivity index (χ3n) is 3.99. The van der Waals surface area contributed by atoms with Gasteiger partial charge in [0.25, 0.3) is 0 Å². The van der Waals surface area contributed by atoms with Gasteiger partial charge in [-0.25, -0.2) is 4.57 Å². The van der Waals surface area contributed by atoms with E-state index < -0.39 is 13.8 Å². The van der Waals surface area contributed by atoms with E-state index in [0.29, 0.717) is 6.42 Å². The van der Waals surface area contributed by atoms with Crippen LogP contribution >= 0.6 is 7.82 Å². The van der Waals surface area contributed by atoms with Gasteiger partial charge < -0.3 is 19.8 Å². The largest absolute Gasteiger partial charge is 0.481 e. The summed E-state index contributed by atoms with van der Waals surface area (Å²) in [4.78, 5) is 31.9. The van der Waals surface area contributed by atoms with Crippen LogP contribution in [0.5, 0.6) is 0 Å². The van der Waals surface area contributed by atoms with E-state index in [9.17, 15) is 4.79 Å². The number of phosphoric acid groups is 1. The quantitative estimate of drug-likeness (QED) is 0.152. The zero-order valence-corrected chi connectivity index (χ0v) is 18.3. The molecule has 0 aliphatic rings. The summed E-state index contributed by atoms with van der Waals surface area (Å²) in [5.74, 6) is -0.653. The molecule has 9 heteroatoms. The Balaban J connectivity index is -0.000000333. The topological polar surface area (TPSA) is 115 Å². The van der Waals surface area contributed by atoms with Crippen molar-refractivity contribution in [1.82, 2.24) is 0 Å². The molecule has 1 radical (unpaired) electrons. The van der Waals surface area contributed by atoms with Gasteiger partial charge in [0.1, 0.15) is 0 Å². The average Bonchev–Trinajstić information content (AvgIpc) is 2.49. The smallest absolute Gasteiger partial charge is 0.466 e. The summed E-state index contributed by atoms with van der Waals surface area (Å²) in [6.07, 6.45) is 20.2. The molecule has 6 nitrogen and oxygen atoms in total. The number of rotatable bonds is 16. The maximum atomic E-state index is 10.3. The van der Waals surface area contributed by atoms with Crippen LogP contribution in [0.2, 0.25) is 0 Å². The van der Waals surface area contributed by atoms with Crippen LogP contribution in [0, 0.1) is 0 Å². The van der Waals surface area contributed by atoms with Gasteiger partial charge in [-0.05, 0) is 6.42 Å². The van der Waals surface area contributed by atoms with Crippen molar-refractivity contribution in [3.8, 4) is 0 Å². The fraction of sp³-hybridized carbons (Fsp3) is 0.944. The van der Waals surface area contributed by atoms with Crippen LogP contribution in [-0.4, -0.2) is 48.8 Å². The summed E-state index contributed by atoms with van der Waals surface area (Å²) >= 11 is 0. The second kappa shape index (κ2) is 26.9. The number of carboxylic acid groups (broad SMARTS) is 1. The van der Waals surface area contributed by atoms with E-state index in [2.05, 4.69) is 6.92 Å². The van der Waals surface area contributed by atoms with E-state index in [1.54, 1.807) is 0 Å². The molecule has 0 spiro atoms. The molecule has 0 saturated heterocycles. The number of hydrogen-bond donors (Lipinski definition) is 4. The fourth-order valence-electron chi connectivity index (χ4n) is 2.65. The van der Waals surface area contributed by atoms with Crippen LogP contribution in [0.3, 0.4) is 0 Å². The van der Waals surface area contributed by atoms with Crippen LogP contribution in [0.15, 0.2) is 0 Å². The molecule has 4 N–H and O–H groups in total. The summed E-state index contributed by atoms with van der Waals surface area (Å²) in [5.41, 5.74) is 0. The average molecular weight is 464 g/mol. The first kappa shape index (κ1) is 35.3. The van der Waals surface area contributed by atoms with Crippen LogP contribution in [0.1, 0.15) is 110 Å². The van der Waals surface area contributed by atoms with E-state index in [4.69, 9.17) is 24.4 Å². The molecule has 0 aromatic carbocycles. The standard InChI is InChI=1S/C18H36O2.Mg.Mn.H3O4P.2H/c1-2-3-4-5-6-7-8-9-10-11-12-13-14-15-16-17-18(19)20;;;1-5(2,3)4;;/h2-17H2,1H3,(H,19,20);;;(H3,1,2,3,4);;. The summed E-state index contributed by atoms with van der Waals surface area (Å²) in [5, 5.41) is 8.52. The molecule has 0 heterocycles. The maximum Gasteiger partial charge on any atom is 0.466 e. The minimum absolute atomic E-state index is 0. The van der Waals surface area contributed by atoms with Gasteiger partial charge >= 0.3 is 36.8 Å². The molecule has 27 heavy (non-hydrogen) atoms. The van der Waals surface area contributed by atoms with Crippen molar-refractivity contribution in [3.63, 3.8) is 0 Å². The fourth-order valence-corrected chi connectivity index (χ4v) is 2.65. The first-order valence-electron chi connectivity index (χ1n) is 9.77. The normalized spacial score (nSPS) is 10.2. The van der Waals surface area contributed by atoms with Gasteiger partial charge in [0, 0.05) is 23.5 Å². The van der Waals surface area contributed by atoms with E-state index in [1.807, 2.05) is 0 Å². The molecule has 0 atom stereocenters. The molecule has 0 unspecified atom stereocenters. The number of aliphatic carboxylic acids is 1. The van der Waals surface area contributed by atoms with Crippen LogP contribution in [0.4, 0.5) is 0 Å². The minimum atomic E-state index is -4.64. The second-order valence-corrected chi connectivity index (χ2v) is 7.63. The van der Waals surface area contributed by atoms with Crippen LogP contribution in [-0.2, 0) is 26.4 Å². The van der Waals surface area contributed by atoms with E-state index in [-0.39, 0.29) is 40.1 Å². The monoisotopic (exact) mass is 463 g/mol. The van der Waals surface area contributed by atoms with Gasteiger partial charge in [-0.3, -0.25) is 4.79 Å². The second-order valence-electron chi connectivity index (χ2n) is 6.61. The zero-order chi connectivity index (χ0) is 19.4. The number of hydrogen-bond acceptors (Lipinski definition) is 2. The number of carbonyl (C=O) groups is 1. The van der Waals surface area contributed by atoms with E-state index in [1.165, 1.54) is 83.5 Å². The van der Waals surface area contributed by atoms with Crippen molar-refractivity contribution in [2.45, 2.75) is 110 Å². The molecule has 0 aliphatic heterocycles. The maximum absolute atomic E-state index is 10.3. The van der Waals surface area contributed by atoms with Crippen molar-refractivity contribution < 1.29 is 46.2 Å². The third kappa shape index (κ3) is 52.0. The molecule has 0 aromatic rings. The first-order valence-corrected chi connectivity index (χ1v) is 11.3. The van der Waals surface area contributed by atoms with E-state index in [0.717, 1.165) is 12.8 Å². The molecule has 0 bridgehead atoms. The predicted molar refractivity (Wildman–Crippen MR) is 110 cm³/mol. The molecule has 0 fully saturated rings. The number of unbranched alkanes of at least 4 members (excludes halogenated alkanes) is 14. The van der Waals surface area contributed by atoms with Crippen molar-refractivity contribution in [2.75, 3.05) is 0 Å². The molecule has 0 saturated carbocycles. The predicted octanol–water partition coefficient (Wildman–Crippen LogP) is 4.49. The third-order valence-corrected chi connectivity index (χ3v) is 3.99. The zero-order valence-electron chi connectivity index (χ0n) is 16.2. The molecule has 0 aromatic heterocycles. The van der Waals surface area contributed by atoms with E-state index >= 15 is 0 Å². The Morgan fingerprint density at radius 1 is 0.667 bits per heavy atom. The molecule has 0 aliphatic carbocycles. The van der Waals surface area contributed by atoms with Crippen molar-refractivity contribution in [1.29, 1.82) is 0 Å². The summed E-state index contributed by atoms with van der Waals surface area (Å²) < 4.78 is 8.88. The summed E-state index contributed by atoms with van der Waals surface area (Å²) in [7, 11) is -4.64. The summed E-state index contributed by atoms with van der Waals surface area (Å²) in [6, 6.07) is 0. The Morgan fingerprint density at radius 2 is 0.889 bits per heavy atom. The molecule has 0 amide bonds. The molecule has 0 rings (SSSR count). The Morgan fingerprint density at radius 3 is 1.11 bits per heavy atom. The SMILES string of the molecule is CCCCCCCCCCCCCCCCCC(=O)O.O=P(O)(O)O.[MgH2].[Mn]. The Labute approximate surface area is 192 Å². The van der Waals surface area contributed by atoms with Gasteiger partial charge in [-0.2, -0.15) is 0 Å². The van der Waals surface area contributed by atoms with Crippen molar-refractivity contribution >= 4 is 36.8 Å². The molecular weight excluding hydrogens is 422 g/mol. The van der Waals surface area contributed by atoms with Crippen molar-refractivity contribution in [2.24, 2.45) is 0 Å². The Bertz CT molecular complexity index is 334. The number of carboxylic acids is 1. The Hall–Kier alpha value is 0.866. The molecule has 163 valence electrons. The van der Waals surface area contributed by atoms with Gasteiger partial charge in [0.05, 0.1) is 0 Å². The summed E-state index contributed by atoms with van der Waals surface area (Å²) in [6.45, 7) is 2.27. The van der Waals surface area contributed by atoms with Crippen molar-refractivity contribution in [3.05, 3.63) is 0 Å². The van der Waals surface area contributed by atoms with Gasteiger partial charge in [-0.15, -0.1) is 0 Å². The van der Waals surface area contributed by atoms with Gasteiger partial charge in [0.2, 0.25) is 0 Å². The van der Waals surface area contributed by atoms with Crippen LogP contribution in [0.25, 0.3) is 0 Å². The molecular formula is C18H41MgMnO6P. The van der Waals surface area contributed by atoms with Gasteiger partial charge in [-0.1, -0.05) is 96.8 Å². The minimum Gasteiger partial charge on any atom is -0.481 e. The van der Waals surface area contributed by atoms with Crippen LogP contribution < -0.4 is 0 Å². The Kier molecular flexibility index (Phi) is 35.1. The van der Waals surface area contributed by atoms with Gasteiger partial charge in [0.15, 0.2) is 0 Å².